The summed E-state index contributed by atoms with van der Waals surface area (Å²) in [6.45, 7) is -0.0217. The second-order valence-electron chi connectivity index (χ2n) is 7.19. The average Bonchev–Trinajstić information content (AvgIpc) is 2.79. The van der Waals surface area contributed by atoms with Crippen molar-refractivity contribution in [2.45, 2.75) is 5.92 Å². The fourth-order valence-electron chi connectivity index (χ4n) is 2.87. The maximum absolute atomic E-state index is 11.7. The Morgan fingerprint density at radius 3 is 2.56 bits per heavy atom. The van der Waals surface area contributed by atoms with Crippen molar-refractivity contribution < 1.29 is 14.3 Å². The van der Waals surface area contributed by atoms with E-state index in [4.69, 9.17) is 26.5 Å². The number of halogens is 1. The zero-order valence-corrected chi connectivity index (χ0v) is 18.8. The second-order valence-corrected chi connectivity index (χ2v) is 7.58. The number of ether oxygens (including phenoxy) is 2. The molecule has 0 spiro atoms. The number of carbonyl (C=O) groups excluding carboxylic acids is 1. The van der Waals surface area contributed by atoms with Gasteiger partial charge in [0.1, 0.15) is 23.3 Å². The van der Waals surface area contributed by atoms with Gasteiger partial charge in [0.2, 0.25) is 0 Å². The minimum absolute atomic E-state index is 0.0395. The van der Waals surface area contributed by atoms with Gasteiger partial charge in [0, 0.05) is 39.6 Å². The summed E-state index contributed by atoms with van der Waals surface area (Å²) in [5, 5.41) is 8.93. The quantitative estimate of drug-likeness (QED) is 0.394. The van der Waals surface area contributed by atoms with Crippen LogP contribution in [0.1, 0.15) is 11.5 Å². The predicted octanol–water partition coefficient (Wildman–Crippen LogP) is 3.63. The molecule has 0 bridgehead atoms. The summed E-state index contributed by atoms with van der Waals surface area (Å²) in [5.74, 6) is 0.480. The molecule has 0 aliphatic heterocycles. The first kappa shape index (κ1) is 23.1. The van der Waals surface area contributed by atoms with E-state index in [-0.39, 0.29) is 19.1 Å². The monoisotopic (exact) mass is 453 g/mol. The van der Waals surface area contributed by atoms with E-state index in [2.05, 4.69) is 15.0 Å². The molecule has 9 heteroatoms. The van der Waals surface area contributed by atoms with Gasteiger partial charge in [0.25, 0.3) is 5.91 Å². The summed E-state index contributed by atoms with van der Waals surface area (Å²) in [6.07, 6.45) is 3.38. The summed E-state index contributed by atoms with van der Waals surface area (Å²) < 4.78 is 11.3. The molecular formula is C23H24ClN5O3. The topological polar surface area (TPSA) is 101 Å². The number of benzene rings is 1. The molecule has 0 saturated carbocycles. The highest BCUT2D eigenvalue weighted by molar-refractivity contribution is 6.29. The van der Waals surface area contributed by atoms with Gasteiger partial charge in [0.15, 0.2) is 6.61 Å². The molecule has 0 fully saturated rings. The van der Waals surface area contributed by atoms with E-state index >= 15 is 0 Å². The van der Waals surface area contributed by atoms with Crippen LogP contribution in [0.2, 0.25) is 5.15 Å². The molecule has 1 amide bonds. The molecular weight excluding hydrogens is 430 g/mol. The SMILES string of the molecule is CN=CC(C(=N)COc1cccc(OCC(=O)N(C)C)c1)c1cnc2ccc(Cl)nc2c1. The summed E-state index contributed by atoms with van der Waals surface area (Å²) in [6, 6.07) is 12.3. The van der Waals surface area contributed by atoms with Crippen molar-refractivity contribution in [2.24, 2.45) is 4.99 Å². The van der Waals surface area contributed by atoms with Gasteiger partial charge in [-0.1, -0.05) is 17.7 Å². The molecule has 1 atom stereocenters. The van der Waals surface area contributed by atoms with Crippen LogP contribution in [0.4, 0.5) is 0 Å². The Kier molecular flexibility index (Phi) is 7.72. The number of nitrogens with one attached hydrogen (secondary N) is 1. The number of aliphatic imine (C=N–C) groups is 1. The third-order valence-electron chi connectivity index (χ3n) is 4.62. The Morgan fingerprint density at radius 1 is 1.16 bits per heavy atom. The van der Waals surface area contributed by atoms with Crippen molar-refractivity contribution in [3.63, 3.8) is 0 Å². The molecule has 3 rings (SSSR count). The molecule has 3 aromatic rings. The number of amides is 1. The molecule has 0 aliphatic rings. The van der Waals surface area contributed by atoms with Crippen molar-refractivity contribution in [3.8, 4) is 11.5 Å². The smallest absolute Gasteiger partial charge is 0.259 e. The van der Waals surface area contributed by atoms with Gasteiger partial charge in [0.05, 0.1) is 22.7 Å². The predicted molar refractivity (Wildman–Crippen MR) is 126 cm³/mol. The van der Waals surface area contributed by atoms with E-state index in [0.29, 0.717) is 27.9 Å². The maximum atomic E-state index is 11.7. The molecule has 1 N–H and O–H groups in total. The van der Waals surface area contributed by atoms with Crippen molar-refractivity contribution >= 4 is 40.5 Å². The van der Waals surface area contributed by atoms with Crippen LogP contribution in [0.3, 0.4) is 0 Å². The van der Waals surface area contributed by atoms with E-state index in [9.17, 15) is 4.79 Å². The Labute approximate surface area is 191 Å². The zero-order chi connectivity index (χ0) is 23.1. The highest BCUT2D eigenvalue weighted by atomic mass is 35.5. The van der Waals surface area contributed by atoms with Gasteiger partial charge in [-0.05, 0) is 35.9 Å². The van der Waals surface area contributed by atoms with Crippen molar-refractivity contribution in [1.82, 2.24) is 14.9 Å². The molecule has 32 heavy (non-hydrogen) atoms. The highest BCUT2D eigenvalue weighted by Gasteiger charge is 2.17. The normalized spacial score (nSPS) is 12.0. The fraction of sp³-hybridized carbons (Fsp3) is 0.261. The molecule has 1 aromatic carbocycles. The van der Waals surface area contributed by atoms with Gasteiger partial charge >= 0.3 is 0 Å². The lowest BCUT2D eigenvalue weighted by molar-refractivity contribution is -0.130. The van der Waals surface area contributed by atoms with Crippen LogP contribution >= 0.6 is 11.6 Å². The van der Waals surface area contributed by atoms with E-state index in [1.807, 2.05) is 6.07 Å². The number of hydrogen-bond acceptors (Lipinski definition) is 7. The largest absolute Gasteiger partial charge is 0.488 e. The first-order valence-electron chi connectivity index (χ1n) is 9.85. The lowest BCUT2D eigenvalue weighted by Gasteiger charge is -2.16. The molecule has 0 aliphatic carbocycles. The average molecular weight is 454 g/mol. The summed E-state index contributed by atoms with van der Waals surface area (Å²) >= 11 is 6.00. The Hall–Kier alpha value is -3.52. The van der Waals surface area contributed by atoms with Crippen LogP contribution in [-0.4, -0.2) is 67.1 Å². The van der Waals surface area contributed by atoms with Gasteiger partial charge in [-0.3, -0.25) is 14.8 Å². The van der Waals surface area contributed by atoms with Crippen LogP contribution in [0, 0.1) is 5.41 Å². The Balaban J connectivity index is 1.69. The van der Waals surface area contributed by atoms with Crippen molar-refractivity contribution in [2.75, 3.05) is 34.4 Å². The summed E-state index contributed by atoms with van der Waals surface area (Å²) in [7, 11) is 4.99. The van der Waals surface area contributed by atoms with E-state index in [0.717, 1.165) is 11.1 Å². The number of aromatic nitrogens is 2. The van der Waals surface area contributed by atoms with E-state index in [1.54, 1.807) is 70.0 Å². The second kappa shape index (κ2) is 10.7. The van der Waals surface area contributed by atoms with Gasteiger partial charge < -0.3 is 19.8 Å². The van der Waals surface area contributed by atoms with Crippen LogP contribution in [0.5, 0.6) is 11.5 Å². The number of rotatable bonds is 9. The summed E-state index contributed by atoms with van der Waals surface area (Å²) in [4.78, 5) is 26.0. The first-order chi connectivity index (χ1) is 15.4. The van der Waals surface area contributed by atoms with Crippen molar-refractivity contribution in [3.05, 3.63) is 59.4 Å². The number of fused-ring (bicyclic) bond motifs is 1. The Morgan fingerprint density at radius 2 is 1.88 bits per heavy atom. The number of likely N-dealkylation sites (N-methyl/N-ethyl adjacent to an activating group) is 1. The zero-order valence-electron chi connectivity index (χ0n) is 18.1. The van der Waals surface area contributed by atoms with Crippen LogP contribution in [0.25, 0.3) is 11.0 Å². The standard InChI is InChI=1S/C23H24ClN5O3/c1-26-12-18(15-9-21-20(27-11-15)7-8-22(24)28-21)19(25)13-31-16-5-4-6-17(10-16)32-14-23(30)29(2)3/h4-12,18,25H,13-14H2,1-3H3. The van der Waals surface area contributed by atoms with Gasteiger partial charge in [-0.2, -0.15) is 0 Å². The highest BCUT2D eigenvalue weighted by Crippen LogP contribution is 2.23. The number of hydrogen-bond donors (Lipinski definition) is 1. The third-order valence-corrected chi connectivity index (χ3v) is 4.83. The first-order valence-corrected chi connectivity index (χ1v) is 10.2. The van der Waals surface area contributed by atoms with Crippen LogP contribution < -0.4 is 9.47 Å². The van der Waals surface area contributed by atoms with E-state index < -0.39 is 5.92 Å². The lowest BCUT2D eigenvalue weighted by Crippen LogP contribution is -2.27. The van der Waals surface area contributed by atoms with Crippen molar-refractivity contribution in [1.29, 1.82) is 5.41 Å². The lowest BCUT2D eigenvalue weighted by atomic mass is 9.96. The molecule has 166 valence electrons. The molecule has 8 nitrogen and oxygen atoms in total. The molecule has 2 aromatic heterocycles. The number of nitrogens with zero attached hydrogens (tertiary/aromatic N) is 4. The van der Waals surface area contributed by atoms with E-state index in [1.165, 1.54) is 4.90 Å². The molecule has 1 unspecified atom stereocenters. The van der Waals surface area contributed by atoms with Crippen LogP contribution in [0.15, 0.2) is 53.7 Å². The third kappa shape index (κ3) is 6.01. The van der Waals surface area contributed by atoms with Gasteiger partial charge in [-0.15, -0.1) is 0 Å². The number of pyridine rings is 2. The summed E-state index contributed by atoms with van der Waals surface area (Å²) in [5.41, 5.74) is 2.44. The maximum Gasteiger partial charge on any atom is 0.259 e. The number of carbonyl (C=O) groups is 1. The molecule has 0 radical (unpaired) electrons. The molecule has 0 saturated heterocycles. The molecule has 2 heterocycles. The van der Waals surface area contributed by atoms with Crippen LogP contribution in [-0.2, 0) is 4.79 Å². The minimum atomic E-state index is -0.421. The fourth-order valence-corrected chi connectivity index (χ4v) is 3.03. The minimum Gasteiger partial charge on any atom is -0.488 e. The van der Waals surface area contributed by atoms with Gasteiger partial charge in [-0.25, -0.2) is 4.98 Å². The Bertz CT molecular complexity index is 1150.